The summed E-state index contributed by atoms with van der Waals surface area (Å²) >= 11 is 1.06. The molecule has 0 saturated carbocycles. The number of carboxylic acids is 1. The van der Waals surface area contributed by atoms with Crippen LogP contribution in [0.2, 0.25) is 0 Å². The van der Waals surface area contributed by atoms with Crippen molar-refractivity contribution in [3.63, 3.8) is 0 Å². The summed E-state index contributed by atoms with van der Waals surface area (Å²) in [7, 11) is 0. The summed E-state index contributed by atoms with van der Waals surface area (Å²) in [6, 6.07) is 3.65. The molecule has 18 heavy (non-hydrogen) atoms. The second-order valence-corrected chi connectivity index (χ2v) is 4.53. The molecule has 0 aliphatic rings. The fourth-order valence-electron chi connectivity index (χ4n) is 1.31. The van der Waals surface area contributed by atoms with Gasteiger partial charge < -0.3 is 5.11 Å². The van der Waals surface area contributed by atoms with Crippen LogP contribution in [-0.2, 0) is 0 Å². The molecule has 0 amide bonds. The molecule has 0 radical (unpaired) electrons. The number of halogens is 1. The molecule has 0 atom stereocenters. The molecule has 92 valence electrons. The van der Waals surface area contributed by atoms with Crippen LogP contribution in [0, 0.1) is 12.7 Å². The van der Waals surface area contributed by atoms with E-state index in [1.165, 1.54) is 18.3 Å². The van der Waals surface area contributed by atoms with E-state index in [9.17, 15) is 9.18 Å². The summed E-state index contributed by atoms with van der Waals surface area (Å²) in [6.45, 7) is 1.76. The van der Waals surface area contributed by atoms with Crippen LogP contribution >= 0.6 is 11.8 Å². The summed E-state index contributed by atoms with van der Waals surface area (Å²) in [4.78, 5) is 19.2. The summed E-state index contributed by atoms with van der Waals surface area (Å²) in [6.07, 6.45) is 3.05. The highest BCUT2D eigenvalue weighted by atomic mass is 32.2. The first-order valence-electron chi connectivity index (χ1n) is 5.06. The highest BCUT2D eigenvalue weighted by Gasteiger charge is 2.11. The second-order valence-electron chi connectivity index (χ2n) is 3.50. The van der Waals surface area contributed by atoms with E-state index >= 15 is 0 Å². The Bertz CT molecular complexity index is 604. The van der Waals surface area contributed by atoms with E-state index in [0.717, 1.165) is 17.8 Å². The molecule has 0 aliphatic heterocycles. The van der Waals surface area contributed by atoms with E-state index in [4.69, 9.17) is 5.11 Å². The number of nitrogens with zero attached hydrogens (tertiary/aromatic N) is 2. The second kappa shape index (κ2) is 5.14. The SMILES string of the molecule is Cc1nccnc1Sc1cc(C(=O)O)ccc1F. The molecule has 6 heteroatoms. The van der Waals surface area contributed by atoms with Crippen molar-refractivity contribution in [1.82, 2.24) is 9.97 Å². The van der Waals surface area contributed by atoms with Gasteiger partial charge in [0.15, 0.2) is 0 Å². The third kappa shape index (κ3) is 2.65. The Labute approximate surface area is 107 Å². The van der Waals surface area contributed by atoms with Crippen molar-refractivity contribution < 1.29 is 14.3 Å². The number of aryl methyl sites for hydroxylation is 1. The van der Waals surface area contributed by atoms with Crippen LogP contribution in [0.4, 0.5) is 4.39 Å². The van der Waals surface area contributed by atoms with E-state index in [0.29, 0.717) is 10.7 Å². The quantitative estimate of drug-likeness (QED) is 0.923. The highest BCUT2D eigenvalue weighted by Crippen LogP contribution is 2.30. The first-order valence-corrected chi connectivity index (χ1v) is 5.88. The van der Waals surface area contributed by atoms with Gasteiger partial charge in [-0.05, 0) is 25.1 Å². The number of aromatic carboxylic acids is 1. The number of hydrogen-bond acceptors (Lipinski definition) is 4. The van der Waals surface area contributed by atoms with Crippen LogP contribution in [-0.4, -0.2) is 21.0 Å². The van der Waals surface area contributed by atoms with Crippen molar-refractivity contribution >= 4 is 17.7 Å². The Morgan fingerprint density at radius 1 is 1.33 bits per heavy atom. The standard InChI is InChI=1S/C12H9FN2O2S/c1-7-11(15-5-4-14-7)18-10-6-8(12(16)17)2-3-9(10)13/h2-6H,1H3,(H,16,17). The third-order valence-electron chi connectivity index (χ3n) is 2.22. The molecule has 2 rings (SSSR count). The van der Waals surface area contributed by atoms with Crippen LogP contribution < -0.4 is 0 Å². The summed E-state index contributed by atoms with van der Waals surface area (Å²) < 4.78 is 13.6. The molecule has 0 spiro atoms. The minimum Gasteiger partial charge on any atom is -0.478 e. The number of benzene rings is 1. The fraction of sp³-hybridized carbons (Fsp3) is 0.0833. The van der Waals surface area contributed by atoms with Gasteiger partial charge in [0.25, 0.3) is 0 Å². The van der Waals surface area contributed by atoms with Crippen LogP contribution in [0.5, 0.6) is 0 Å². The Morgan fingerprint density at radius 2 is 2.06 bits per heavy atom. The van der Waals surface area contributed by atoms with Crippen molar-refractivity contribution in [2.45, 2.75) is 16.8 Å². The lowest BCUT2D eigenvalue weighted by molar-refractivity contribution is 0.0696. The summed E-state index contributed by atoms with van der Waals surface area (Å²) in [5, 5.41) is 9.42. The van der Waals surface area contributed by atoms with Crippen molar-refractivity contribution in [3.8, 4) is 0 Å². The van der Waals surface area contributed by atoms with Crippen molar-refractivity contribution in [1.29, 1.82) is 0 Å². The number of hydrogen-bond donors (Lipinski definition) is 1. The molecular weight excluding hydrogens is 255 g/mol. The number of rotatable bonds is 3. The first kappa shape index (κ1) is 12.5. The van der Waals surface area contributed by atoms with Gasteiger partial charge in [-0.2, -0.15) is 0 Å². The molecule has 1 heterocycles. The Morgan fingerprint density at radius 3 is 2.72 bits per heavy atom. The van der Waals surface area contributed by atoms with E-state index < -0.39 is 11.8 Å². The van der Waals surface area contributed by atoms with E-state index in [2.05, 4.69) is 9.97 Å². The van der Waals surface area contributed by atoms with Gasteiger partial charge in [0.1, 0.15) is 10.8 Å². The Hall–Kier alpha value is -1.95. The van der Waals surface area contributed by atoms with Gasteiger partial charge in [-0.3, -0.25) is 4.98 Å². The molecule has 1 N–H and O–H groups in total. The van der Waals surface area contributed by atoms with Crippen LogP contribution in [0.25, 0.3) is 0 Å². The molecular formula is C12H9FN2O2S. The minimum atomic E-state index is -1.09. The predicted molar refractivity (Wildman–Crippen MR) is 64.3 cm³/mol. The lowest BCUT2D eigenvalue weighted by atomic mass is 10.2. The van der Waals surface area contributed by atoms with E-state index in [1.807, 2.05) is 0 Å². The van der Waals surface area contributed by atoms with Gasteiger partial charge in [0.2, 0.25) is 0 Å². The smallest absolute Gasteiger partial charge is 0.335 e. The van der Waals surface area contributed by atoms with Gasteiger partial charge in [0.05, 0.1) is 16.2 Å². The van der Waals surface area contributed by atoms with Gasteiger partial charge in [0, 0.05) is 12.4 Å². The molecule has 0 unspecified atom stereocenters. The summed E-state index contributed by atoms with van der Waals surface area (Å²) in [5.41, 5.74) is 0.711. The molecule has 1 aromatic carbocycles. The summed E-state index contributed by atoms with van der Waals surface area (Å²) in [5.74, 6) is -1.57. The molecule has 4 nitrogen and oxygen atoms in total. The Kier molecular flexibility index (Phi) is 3.57. The Balaban J connectivity index is 2.37. The van der Waals surface area contributed by atoms with E-state index in [1.54, 1.807) is 13.1 Å². The van der Waals surface area contributed by atoms with Crippen molar-refractivity contribution in [2.24, 2.45) is 0 Å². The average Bonchev–Trinajstić information content (AvgIpc) is 2.34. The van der Waals surface area contributed by atoms with Gasteiger partial charge in [-0.1, -0.05) is 11.8 Å². The largest absolute Gasteiger partial charge is 0.478 e. The van der Waals surface area contributed by atoms with Crippen LogP contribution in [0.3, 0.4) is 0 Å². The maximum Gasteiger partial charge on any atom is 0.335 e. The zero-order chi connectivity index (χ0) is 13.1. The lowest BCUT2D eigenvalue weighted by Gasteiger charge is -2.05. The fourth-order valence-corrected chi connectivity index (χ4v) is 2.19. The molecule has 2 aromatic rings. The highest BCUT2D eigenvalue weighted by molar-refractivity contribution is 7.99. The first-order chi connectivity index (χ1) is 8.58. The molecule has 0 aliphatic carbocycles. The van der Waals surface area contributed by atoms with Crippen LogP contribution in [0.1, 0.15) is 16.1 Å². The minimum absolute atomic E-state index is 0.0421. The van der Waals surface area contributed by atoms with Gasteiger partial charge in [-0.15, -0.1) is 0 Å². The zero-order valence-electron chi connectivity index (χ0n) is 9.42. The van der Waals surface area contributed by atoms with Gasteiger partial charge >= 0.3 is 5.97 Å². The third-order valence-corrected chi connectivity index (χ3v) is 3.35. The monoisotopic (exact) mass is 264 g/mol. The molecule has 0 fully saturated rings. The van der Waals surface area contributed by atoms with E-state index in [-0.39, 0.29) is 10.5 Å². The molecule has 0 saturated heterocycles. The number of carboxylic acid groups (broad SMARTS) is 1. The van der Waals surface area contributed by atoms with Crippen LogP contribution in [0.15, 0.2) is 40.5 Å². The van der Waals surface area contributed by atoms with Crippen molar-refractivity contribution in [3.05, 3.63) is 47.7 Å². The predicted octanol–water partition coefficient (Wildman–Crippen LogP) is 2.77. The maximum absolute atomic E-state index is 13.6. The zero-order valence-corrected chi connectivity index (χ0v) is 10.2. The number of aromatic nitrogens is 2. The number of carbonyl (C=O) groups is 1. The molecule has 0 bridgehead atoms. The maximum atomic E-state index is 13.6. The van der Waals surface area contributed by atoms with Gasteiger partial charge in [-0.25, -0.2) is 14.2 Å². The molecule has 1 aromatic heterocycles. The topological polar surface area (TPSA) is 63.1 Å². The van der Waals surface area contributed by atoms with Crippen molar-refractivity contribution in [2.75, 3.05) is 0 Å². The lowest BCUT2D eigenvalue weighted by Crippen LogP contribution is -1.97. The average molecular weight is 264 g/mol. The normalized spacial score (nSPS) is 10.3.